The second kappa shape index (κ2) is 6.93. The molecule has 1 heterocycles. The van der Waals surface area contributed by atoms with Crippen LogP contribution < -0.4 is 4.72 Å². The monoisotopic (exact) mass is 337 g/mol. The van der Waals surface area contributed by atoms with Gasteiger partial charge in [0.1, 0.15) is 6.04 Å². The fourth-order valence-electron chi connectivity index (χ4n) is 2.13. The summed E-state index contributed by atoms with van der Waals surface area (Å²) in [6, 6.07) is 8.92. The van der Waals surface area contributed by atoms with E-state index in [1.807, 2.05) is 13.0 Å². The maximum atomic E-state index is 12.6. The molecule has 0 aliphatic rings. The number of aromatic nitrogens is 2. The molecule has 0 radical (unpaired) electrons. The first kappa shape index (κ1) is 17.2. The van der Waals surface area contributed by atoms with Crippen molar-refractivity contribution in [2.45, 2.75) is 31.3 Å². The molecule has 1 aromatic heterocycles. The van der Waals surface area contributed by atoms with Gasteiger partial charge in [-0.05, 0) is 24.1 Å². The Kier molecular flexibility index (Phi) is 5.17. The van der Waals surface area contributed by atoms with E-state index in [2.05, 4.69) is 9.82 Å². The first-order valence-corrected chi connectivity index (χ1v) is 8.69. The van der Waals surface area contributed by atoms with Crippen LogP contribution in [0, 0.1) is 5.92 Å². The van der Waals surface area contributed by atoms with Gasteiger partial charge in [0.05, 0.1) is 11.9 Å². The lowest BCUT2D eigenvalue weighted by atomic mass is 10.0. The number of rotatable bonds is 7. The summed E-state index contributed by atoms with van der Waals surface area (Å²) in [4.78, 5) is 11.4. The summed E-state index contributed by atoms with van der Waals surface area (Å²) in [7, 11) is -4.03. The van der Waals surface area contributed by atoms with Gasteiger partial charge in [0.15, 0.2) is 5.03 Å². The highest BCUT2D eigenvalue weighted by atomic mass is 32.2. The van der Waals surface area contributed by atoms with E-state index in [1.54, 1.807) is 31.2 Å². The molecule has 0 aliphatic heterocycles. The molecule has 124 valence electrons. The smallest absolute Gasteiger partial charge is 0.322 e. The minimum absolute atomic E-state index is 0.0988. The van der Waals surface area contributed by atoms with Gasteiger partial charge in [-0.15, -0.1) is 0 Å². The topological polar surface area (TPSA) is 101 Å². The van der Waals surface area contributed by atoms with Crippen LogP contribution in [0.2, 0.25) is 0 Å². The van der Waals surface area contributed by atoms with Gasteiger partial charge < -0.3 is 5.11 Å². The third-order valence-electron chi connectivity index (χ3n) is 3.65. The highest BCUT2D eigenvalue weighted by molar-refractivity contribution is 7.89. The summed E-state index contributed by atoms with van der Waals surface area (Å²) < 4.78 is 28.7. The summed E-state index contributed by atoms with van der Waals surface area (Å²) >= 11 is 0. The van der Waals surface area contributed by atoms with E-state index in [-0.39, 0.29) is 10.9 Å². The van der Waals surface area contributed by atoms with Crippen LogP contribution in [-0.2, 0) is 14.8 Å². The fourth-order valence-corrected chi connectivity index (χ4v) is 3.54. The number of para-hydroxylation sites is 1. The summed E-state index contributed by atoms with van der Waals surface area (Å²) in [5, 5.41) is 13.2. The Morgan fingerprint density at radius 3 is 2.52 bits per heavy atom. The van der Waals surface area contributed by atoms with E-state index in [0.29, 0.717) is 12.1 Å². The second-order valence-corrected chi connectivity index (χ2v) is 6.90. The van der Waals surface area contributed by atoms with Crippen LogP contribution in [0.25, 0.3) is 5.69 Å². The molecule has 2 rings (SSSR count). The zero-order chi connectivity index (χ0) is 17.0. The van der Waals surface area contributed by atoms with Crippen LogP contribution >= 0.6 is 0 Å². The highest BCUT2D eigenvalue weighted by Crippen LogP contribution is 2.17. The van der Waals surface area contributed by atoms with Crippen molar-refractivity contribution in [3.8, 4) is 5.69 Å². The van der Waals surface area contributed by atoms with Gasteiger partial charge in [-0.3, -0.25) is 4.79 Å². The molecule has 23 heavy (non-hydrogen) atoms. The molecule has 2 atom stereocenters. The molecule has 0 amide bonds. The van der Waals surface area contributed by atoms with Gasteiger partial charge >= 0.3 is 5.97 Å². The van der Waals surface area contributed by atoms with Crippen molar-refractivity contribution in [2.75, 3.05) is 0 Å². The lowest BCUT2D eigenvalue weighted by Crippen LogP contribution is -2.45. The molecule has 0 saturated carbocycles. The standard InChI is InChI=1S/C15H19N3O4S/c1-3-11(2)14(15(19)20)17-23(21,22)13-9-10-16-18(13)12-7-5-4-6-8-12/h4-11,14,17H,3H2,1-2H3,(H,19,20)/t11-,14-/m1/s1. The van der Waals surface area contributed by atoms with E-state index in [0.717, 1.165) is 0 Å². The average Bonchev–Trinajstić information content (AvgIpc) is 3.03. The molecule has 0 fully saturated rings. The number of hydrogen-bond acceptors (Lipinski definition) is 4. The van der Waals surface area contributed by atoms with Crippen LogP contribution in [-0.4, -0.2) is 35.3 Å². The van der Waals surface area contributed by atoms with Gasteiger partial charge in [0, 0.05) is 0 Å². The normalized spacial score (nSPS) is 14.3. The predicted molar refractivity (Wildman–Crippen MR) is 84.8 cm³/mol. The largest absolute Gasteiger partial charge is 0.480 e. The minimum atomic E-state index is -4.03. The minimum Gasteiger partial charge on any atom is -0.480 e. The Morgan fingerprint density at radius 2 is 1.96 bits per heavy atom. The Morgan fingerprint density at radius 1 is 1.30 bits per heavy atom. The molecule has 7 nitrogen and oxygen atoms in total. The maximum Gasteiger partial charge on any atom is 0.322 e. The number of nitrogens with one attached hydrogen (secondary N) is 1. The van der Waals surface area contributed by atoms with Gasteiger partial charge in [-0.1, -0.05) is 38.5 Å². The van der Waals surface area contributed by atoms with Crippen molar-refractivity contribution in [1.29, 1.82) is 0 Å². The Labute approximate surface area is 135 Å². The van der Waals surface area contributed by atoms with Crippen molar-refractivity contribution in [2.24, 2.45) is 5.92 Å². The lowest BCUT2D eigenvalue weighted by Gasteiger charge is -2.20. The molecular formula is C15H19N3O4S. The Bertz CT molecular complexity index is 771. The third-order valence-corrected chi connectivity index (χ3v) is 5.07. The van der Waals surface area contributed by atoms with Crippen molar-refractivity contribution in [3.63, 3.8) is 0 Å². The second-order valence-electron chi connectivity index (χ2n) is 5.24. The quantitative estimate of drug-likeness (QED) is 0.800. The highest BCUT2D eigenvalue weighted by Gasteiger charge is 2.31. The number of carboxylic acid groups (broad SMARTS) is 1. The Balaban J connectivity index is 2.38. The van der Waals surface area contributed by atoms with Crippen molar-refractivity contribution < 1.29 is 18.3 Å². The number of aliphatic carboxylic acids is 1. The molecule has 1 aromatic carbocycles. The van der Waals surface area contributed by atoms with E-state index in [1.165, 1.54) is 16.9 Å². The number of carboxylic acids is 1. The molecule has 0 spiro atoms. The maximum absolute atomic E-state index is 12.6. The van der Waals surface area contributed by atoms with E-state index < -0.39 is 22.0 Å². The van der Waals surface area contributed by atoms with Crippen LogP contribution in [0.5, 0.6) is 0 Å². The zero-order valence-electron chi connectivity index (χ0n) is 12.9. The number of hydrogen-bond donors (Lipinski definition) is 2. The average molecular weight is 337 g/mol. The zero-order valence-corrected chi connectivity index (χ0v) is 13.7. The molecule has 2 N–H and O–H groups in total. The van der Waals surface area contributed by atoms with E-state index in [9.17, 15) is 18.3 Å². The van der Waals surface area contributed by atoms with Crippen molar-refractivity contribution in [3.05, 3.63) is 42.6 Å². The predicted octanol–water partition coefficient (Wildman–Crippen LogP) is 1.65. The van der Waals surface area contributed by atoms with Crippen LogP contribution in [0.1, 0.15) is 20.3 Å². The number of carbonyl (C=O) groups is 1. The first-order chi connectivity index (χ1) is 10.9. The number of nitrogens with zero attached hydrogens (tertiary/aromatic N) is 2. The summed E-state index contributed by atoms with van der Waals surface area (Å²) in [5.74, 6) is -1.54. The van der Waals surface area contributed by atoms with Crippen LogP contribution in [0.15, 0.2) is 47.6 Å². The number of sulfonamides is 1. The van der Waals surface area contributed by atoms with E-state index in [4.69, 9.17) is 0 Å². The first-order valence-electron chi connectivity index (χ1n) is 7.21. The lowest BCUT2D eigenvalue weighted by molar-refractivity contribution is -0.140. The molecule has 2 aromatic rings. The van der Waals surface area contributed by atoms with Gasteiger partial charge in [-0.25, -0.2) is 13.1 Å². The van der Waals surface area contributed by atoms with Crippen molar-refractivity contribution in [1.82, 2.24) is 14.5 Å². The third kappa shape index (κ3) is 3.77. The molecular weight excluding hydrogens is 318 g/mol. The Hall–Kier alpha value is -2.19. The number of benzene rings is 1. The summed E-state index contributed by atoms with van der Waals surface area (Å²) in [5.41, 5.74) is 0.577. The molecule has 0 bridgehead atoms. The van der Waals surface area contributed by atoms with Gasteiger partial charge in [0.25, 0.3) is 10.0 Å². The van der Waals surface area contributed by atoms with Crippen LogP contribution in [0.3, 0.4) is 0 Å². The molecule has 8 heteroatoms. The van der Waals surface area contributed by atoms with E-state index >= 15 is 0 Å². The van der Waals surface area contributed by atoms with Crippen molar-refractivity contribution >= 4 is 16.0 Å². The molecule has 0 unspecified atom stereocenters. The SMILES string of the molecule is CC[C@@H](C)[C@@H](NS(=O)(=O)c1ccnn1-c1ccccc1)C(=O)O. The molecule has 0 saturated heterocycles. The van der Waals surface area contributed by atoms with Gasteiger partial charge in [-0.2, -0.15) is 9.82 Å². The molecule has 0 aliphatic carbocycles. The van der Waals surface area contributed by atoms with Gasteiger partial charge in [0.2, 0.25) is 0 Å². The summed E-state index contributed by atoms with van der Waals surface area (Å²) in [6.45, 7) is 3.50. The summed E-state index contributed by atoms with van der Waals surface area (Å²) in [6.07, 6.45) is 1.90. The fraction of sp³-hybridized carbons (Fsp3) is 0.333. The van der Waals surface area contributed by atoms with Crippen LogP contribution in [0.4, 0.5) is 0 Å².